The molecule has 136 valence electrons. The number of rotatable bonds is 6. The van der Waals surface area contributed by atoms with Crippen LogP contribution >= 0.6 is 11.6 Å². The fourth-order valence-electron chi connectivity index (χ4n) is 2.22. The van der Waals surface area contributed by atoms with Gasteiger partial charge < -0.3 is 14.8 Å². The number of anilines is 1. The highest BCUT2D eigenvalue weighted by molar-refractivity contribution is 6.32. The standard InChI is InChI=1S/C18H17ClN2O5/c1-11(8-12-4-7-16(25-2)17(9-12)26-3)18(22)20-13-5-6-14(19)15(10-13)21(23)24/h4-10H,1-3H3,(H,20,22)/b11-8+. The molecule has 0 unspecified atom stereocenters. The van der Waals surface area contributed by atoms with Crippen LogP contribution < -0.4 is 14.8 Å². The van der Waals surface area contributed by atoms with E-state index in [0.717, 1.165) is 5.56 Å². The molecule has 2 aromatic rings. The molecule has 0 aliphatic rings. The molecule has 26 heavy (non-hydrogen) atoms. The maximum absolute atomic E-state index is 12.3. The average Bonchev–Trinajstić information content (AvgIpc) is 2.62. The third kappa shape index (κ3) is 4.52. The number of nitro benzene ring substituents is 1. The number of halogens is 1. The number of ether oxygens (including phenoxy) is 2. The van der Waals surface area contributed by atoms with Gasteiger partial charge in [0.05, 0.1) is 19.1 Å². The van der Waals surface area contributed by atoms with Gasteiger partial charge in [0.2, 0.25) is 0 Å². The number of nitrogens with zero attached hydrogens (tertiary/aromatic N) is 1. The first kappa shape index (κ1) is 19.3. The highest BCUT2D eigenvalue weighted by atomic mass is 35.5. The van der Waals surface area contributed by atoms with E-state index in [-0.39, 0.29) is 16.4 Å². The maximum Gasteiger partial charge on any atom is 0.289 e. The second kappa shape index (κ2) is 8.35. The minimum absolute atomic E-state index is 0.00518. The Kier molecular flexibility index (Phi) is 6.19. The Morgan fingerprint density at radius 2 is 1.85 bits per heavy atom. The third-order valence-corrected chi connectivity index (χ3v) is 3.87. The molecule has 0 bridgehead atoms. The zero-order valence-electron chi connectivity index (χ0n) is 14.4. The molecule has 0 saturated heterocycles. The number of hydrogen-bond acceptors (Lipinski definition) is 5. The summed E-state index contributed by atoms with van der Waals surface area (Å²) in [6.45, 7) is 1.64. The SMILES string of the molecule is COc1ccc(/C=C(\C)C(=O)Nc2ccc(Cl)c([N+](=O)[O-])c2)cc1OC. The van der Waals surface area contributed by atoms with E-state index in [4.69, 9.17) is 21.1 Å². The summed E-state index contributed by atoms with van der Waals surface area (Å²) >= 11 is 5.76. The van der Waals surface area contributed by atoms with Gasteiger partial charge in [-0.1, -0.05) is 17.7 Å². The third-order valence-electron chi connectivity index (χ3n) is 3.55. The van der Waals surface area contributed by atoms with Crippen LogP contribution in [0.5, 0.6) is 11.5 Å². The molecular weight excluding hydrogens is 360 g/mol. The molecule has 0 spiro atoms. The molecule has 0 aromatic heterocycles. The Bertz CT molecular complexity index is 880. The van der Waals surface area contributed by atoms with Crippen molar-refractivity contribution in [2.24, 2.45) is 0 Å². The predicted octanol–water partition coefficient (Wildman–Crippen LogP) is 4.31. The van der Waals surface area contributed by atoms with Crippen molar-refractivity contribution in [3.63, 3.8) is 0 Å². The van der Waals surface area contributed by atoms with Gasteiger partial charge in [0.15, 0.2) is 11.5 Å². The van der Waals surface area contributed by atoms with Crippen molar-refractivity contribution >= 4 is 35.0 Å². The van der Waals surface area contributed by atoms with Crippen molar-refractivity contribution in [3.05, 3.63) is 62.7 Å². The van der Waals surface area contributed by atoms with Crippen molar-refractivity contribution < 1.29 is 19.2 Å². The lowest BCUT2D eigenvalue weighted by molar-refractivity contribution is -0.384. The van der Waals surface area contributed by atoms with Crippen LogP contribution in [0.3, 0.4) is 0 Å². The molecule has 0 heterocycles. The molecule has 0 aliphatic carbocycles. The average molecular weight is 377 g/mol. The van der Waals surface area contributed by atoms with E-state index in [0.29, 0.717) is 17.1 Å². The minimum atomic E-state index is -0.607. The van der Waals surface area contributed by atoms with Crippen LogP contribution in [0.2, 0.25) is 5.02 Å². The number of nitro groups is 1. The van der Waals surface area contributed by atoms with Crippen LogP contribution in [0, 0.1) is 10.1 Å². The molecule has 7 nitrogen and oxygen atoms in total. The first-order chi connectivity index (χ1) is 12.3. The zero-order chi connectivity index (χ0) is 19.3. The Hall–Kier alpha value is -3.06. The van der Waals surface area contributed by atoms with Crippen LogP contribution in [0.1, 0.15) is 12.5 Å². The Morgan fingerprint density at radius 3 is 2.46 bits per heavy atom. The van der Waals surface area contributed by atoms with Gasteiger partial charge >= 0.3 is 0 Å². The van der Waals surface area contributed by atoms with E-state index in [1.165, 1.54) is 32.4 Å². The number of nitrogens with one attached hydrogen (secondary N) is 1. The second-order valence-corrected chi connectivity index (χ2v) is 5.73. The minimum Gasteiger partial charge on any atom is -0.493 e. The lowest BCUT2D eigenvalue weighted by atomic mass is 10.1. The molecule has 0 atom stereocenters. The summed E-state index contributed by atoms with van der Waals surface area (Å²) < 4.78 is 10.4. The van der Waals surface area contributed by atoms with Gasteiger partial charge in [-0.15, -0.1) is 0 Å². The summed E-state index contributed by atoms with van der Waals surface area (Å²) in [5, 5.41) is 13.5. The fraction of sp³-hybridized carbons (Fsp3) is 0.167. The van der Waals surface area contributed by atoms with E-state index in [9.17, 15) is 14.9 Å². The fourth-order valence-corrected chi connectivity index (χ4v) is 2.40. The lowest BCUT2D eigenvalue weighted by Gasteiger charge is -2.09. The largest absolute Gasteiger partial charge is 0.493 e. The van der Waals surface area contributed by atoms with Gasteiger partial charge in [-0.05, 0) is 42.8 Å². The molecule has 0 radical (unpaired) electrons. The van der Waals surface area contributed by atoms with E-state index >= 15 is 0 Å². The second-order valence-electron chi connectivity index (χ2n) is 5.32. The van der Waals surface area contributed by atoms with E-state index in [1.807, 2.05) is 0 Å². The number of carbonyl (C=O) groups is 1. The molecule has 2 aromatic carbocycles. The Labute approximate surface area is 155 Å². The first-order valence-electron chi connectivity index (χ1n) is 7.51. The molecule has 0 saturated carbocycles. The number of methoxy groups -OCH3 is 2. The number of carbonyl (C=O) groups excluding carboxylic acids is 1. The van der Waals surface area contributed by atoms with Gasteiger partial charge in [0.1, 0.15) is 5.02 Å². The lowest BCUT2D eigenvalue weighted by Crippen LogP contribution is -2.12. The topological polar surface area (TPSA) is 90.7 Å². The summed E-state index contributed by atoms with van der Waals surface area (Å²) in [5.41, 5.74) is 1.17. The van der Waals surface area contributed by atoms with Crippen LogP contribution in [0.15, 0.2) is 42.0 Å². The van der Waals surface area contributed by atoms with Gasteiger partial charge in [-0.3, -0.25) is 14.9 Å². The van der Waals surface area contributed by atoms with Crippen LogP contribution in [-0.2, 0) is 4.79 Å². The van der Waals surface area contributed by atoms with E-state index < -0.39 is 10.8 Å². The smallest absolute Gasteiger partial charge is 0.289 e. The molecule has 0 fully saturated rings. The van der Waals surface area contributed by atoms with Crippen LogP contribution in [0.25, 0.3) is 6.08 Å². The monoisotopic (exact) mass is 376 g/mol. The molecular formula is C18H17ClN2O5. The first-order valence-corrected chi connectivity index (χ1v) is 7.89. The van der Waals surface area contributed by atoms with E-state index in [2.05, 4.69) is 5.32 Å². The van der Waals surface area contributed by atoms with Gasteiger partial charge in [0.25, 0.3) is 11.6 Å². The van der Waals surface area contributed by atoms with Crippen molar-refractivity contribution in [1.29, 1.82) is 0 Å². The molecule has 0 aliphatic heterocycles. The quantitative estimate of drug-likeness (QED) is 0.461. The maximum atomic E-state index is 12.3. The van der Waals surface area contributed by atoms with Crippen molar-refractivity contribution in [2.45, 2.75) is 6.92 Å². The van der Waals surface area contributed by atoms with Gasteiger partial charge in [-0.2, -0.15) is 0 Å². The van der Waals surface area contributed by atoms with Crippen LogP contribution in [-0.4, -0.2) is 25.1 Å². The molecule has 2 rings (SSSR count). The van der Waals surface area contributed by atoms with Crippen molar-refractivity contribution in [2.75, 3.05) is 19.5 Å². The summed E-state index contributed by atoms with van der Waals surface area (Å²) in [7, 11) is 3.07. The predicted molar refractivity (Wildman–Crippen MR) is 99.9 cm³/mol. The summed E-state index contributed by atoms with van der Waals surface area (Å²) in [6, 6.07) is 9.33. The van der Waals surface area contributed by atoms with E-state index in [1.54, 1.807) is 31.2 Å². The highest BCUT2D eigenvalue weighted by Gasteiger charge is 2.14. The zero-order valence-corrected chi connectivity index (χ0v) is 15.2. The molecule has 8 heteroatoms. The number of hydrogen-bond donors (Lipinski definition) is 1. The van der Waals surface area contributed by atoms with Crippen LogP contribution in [0.4, 0.5) is 11.4 Å². The summed E-state index contributed by atoms with van der Waals surface area (Å²) in [5.74, 6) is 0.736. The number of benzene rings is 2. The summed E-state index contributed by atoms with van der Waals surface area (Å²) in [6.07, 6.45) is 1.67. The molecule has 1 N–H and O–H groups in total. The normalized spacial score (nSPS) is 11.0. The Morgan fingerprint density at radius 1 is 1.15 bits per heavy atom. The molecule has 1 amide bonds. The van der Waals surface area contributed by atoms with Gasteiger partial charge in [-0.25, -0.2) is 0 Å². The highest BCUT2D eigenvalue weighted by Crippen LogP contribution is 2.29. The van der Waals surface area contributed by atoms with Crippen molar-refractivity contribution in [3.8, 4) is 11.5 Å². The summed E-state index contributed by atoms with van der Waals surface area (Å²) in [4.78, 5) is 22.6. The van der Waals surface area contributed by atoms with Gasteiger partial charge in [0, 0.05) is 17.3 Å². The van der Waals surface area contributed by atoms with Crippen molar-refractivity contribution in [1.82, 2.24) is 0 Å². The Balaban J connectivity index is 2.20. The number of amides is 1.